The molecule has 1 aromatic heterocycles. The second-order valence-electron chi connectivity index (χ2n) is 13.0. The van der Waals surface area contributed by atoms with E-state index in [1.165, 1.54) is 65.3 Å². The van der Waals surface area contributed by atoms with Crippen LogP contribution in [0.15, 0.2) is 194 Å². The van der Waals surface area contributed by atoms with Gasteiger partial charge >= 0.3 is 0 Å². The van der Waals surface area contributed by atoms with Crippen LogP contribution in [-0.4, -0.2) is 4.57 Å². The molecule has 1 heterocycles. The Morgan fingerprint density at radius 2 is 0.920 bits per heavy atom. The highest BCUT2D eigenvalue weighted by molar-refractivity contribution is 6.18. The minimum Gasteiger partial charge on any atom is -0.310 e. The Labute approximate surface area is 290 Å². The number of rotatable bonds is 5. The summed E-state index contributed by atoms with van der Waals surface area (Å²) in [5.41, 5.74) is 9.32. The summed E-state index contributed by atoms with van der Waals surface area (Å²) in [5, 5.41) is 10.2. The van der Waals surface area contributed by atoms with E-state index in [0.29, 0.717) is 0 Å². The molecule has 2 nitrogen and oxygen atoms in total. The molecule has 0 radical (unpaired) electrons. The van der Waals surface area contributed by atoms with E-state index in [-0.39, 0.29) is 0 Å². The van der Waals surface area contributed by atoms with Crippen LogP contribution in [0.5, 0.6) is 0 Å². The van der Waals surface area contributed by atoms with Crippen molar-refractivity contribution in [2.24, 2.45) is 0 Å². The summed E-state index contributed by atoms with van der Waals surface area (Å²) >= 11 is 0. The molecule has 0 atom stereocenters. The van der Waals surface area contributed by atoms with Crippen LogP contribution in [0.4, 0.5) is 17.1 Å². The first kappa shape index (κ1) is 28.4. The molecule has 0 aliphatic rings. The highest BCUT2D eigenvalue weighted by Gasteiger charge is 2.21. The van der Waals surface area contributed by atoms with Crippen molar-refractivity contribution in [2.45, 2.75) is 0 Å². The highest BCUT2D eigenvalue weighted by atomic mass is 15.1. The number of hydrogen-bond acceptors (Lipinski definition) is 1. The van der Waals surface area contributed by atoms with Crippen LogP contribution < -0.4 is 4.90 Å². The van der Waals surface area contributed by atoms with Gasteiger partial charge in [-0.05, 0) is 104 Å². The molecule has 10 aromatic rings. The van der Waals surface area contributed by atoms with Gasteiger partial charge < -0.3 is 9.47 Å². The quantitative estimate of drug-likeness (QED) is 0.171. The third kappa shape index (κ3) is 4.50. The standard InChI is InChI=1S/C48H32N2/c1-3-13-37(14-4-1)49(46-20-11-21-47-48(46)43-18-9-10-19-45(43)50(47)38-15-5-2-6-16-38)39-28-24-33(25-29-39)36-23-22-35-27-30-41-40-17-8-7-12-34(40)26-31-42(41)44(35)32-36/h1-32H. The summed E-state index contributed by atoms with van der Waals surface area (Å²) in [6, 6.07) is 70.4. The van der Waals surface area contributed by atoms with Crippen molar-refractivity contribution in [3.05, 3.63) is 194 Å². The minimum absolute atomic E-state index is 1.11. The van der Waals surface area contributed by atoms with Crippen LogP contribution in [0.1, 0.15) is 0 Å². The predicted molar refractivity (Wildman–Crippen MR) is 213 cm³/mol. The first-order valence-electron chi connectivity index (χ1n) is 17.2. The number of anilines is 3. The number of hydrogen-bond donors (Lipinski definition) is 0. The molecule has 0 bridgehead atoms. The molecular formula is C48H32N2. The Balaban J connectivity index is 1.13. The second kappa shape index (κ2) is 11.5. The molecule has 0 amide bonds. The number of para-hydroxylation sites is 3. The van der Waals surface area contributed by atoms with Crippen LogP contribution >= 0.6 is 0 Å². The molecular weight excluding hydrogens is 605 g/mol. The third-order valence-corrected chi connectivity index (χ3v) is 10.1. The summed E-state index contributed by atoms with van der Waals surface area (Å²) in [6.45, 7) is 0. The van der Waals surface area contributed by atoms with Gasteiger partial charge in [0.05, 0.1) is 16.7 Å². The largest absolute Gasteiger partial charge is 0.310 e. The van der Waals surface area contributed by atoms with Gasteiger partial charge in [-0.25, -0.2) is 0 Å². The van der Waals surface area contributed by atoms with Gasteiger partial charge in [0, 0.05) is 27.8 Å². The van der Waals surface area contributed by atoms with Crippen LogP contribution in [0.2, 0.25) is 0 Å². The van der Waals surface area contributed by atoms with E-state index in [1.54, 1.807) is 0 Å². The van der Waals surface area contributed by atoms with Gasteiger partial charge in [0.1, 0.15) is 0 Å². The molecule has 0 aliphatic heterocycles. The lowest BCUT2D eigenvalue weighted by atomic mass is 9.94. The lowest BCUT2D eigenvalue weighted by Gasteiger charge is -2.26. The molecule has 0 saturated heterocycles. The van der Waals surface area contributed by atoms with Crippen molar-refractivity contribution in [1.29, 1.82) is 0 Å². The van der Waals surface area contributed by atoms with Crippen LogP contribution in [-0.2, 0) is 0 Å². The van der Waals surface area contributed by atoms with E-state index < -0.39 is 0 Å². The Morgan fingerprint density at radius 1 is 0.340 bits per heavy atom. The fourth-order valence-electron chi connectivity index (χ4n) is 7.85. The Morgan fingerprint density at radius 3 is 1.72 bits per heavy atom. The maximum atomic E-state index is 2.40. The molecule has 0 aliphatic carbocycles. The molecule has 0 spiro atoms. The van der Waals surface area contributed by atoms with Crippen molar-refractivity contribution in [3.8, 4) is 16.8 Å². The zero-order valence-corrected chi connectivity index (χ0v) is 27.4. The molecule has 50 heavy (non-hydrogen) atoms. The van der Waals surface area contributed by atoms with Gasteiger partial charge in [-0.1, -0.05) is 133 Å². The lowest BCUT2D eigenvalue weighted by Crippen LogP contribution is -2.10. The van der Waals surface area contributed by atoms with E-state index >= 15 is 0 Å². The van der Waals surface area contributed by atoms with E-state index in [4.69, 9.17) is 0 Å². The van der Waals surface area contributed by atoms with Crippen LogP contribution in [0.25, 0.3) is 70.9 Å². The summed E-state index contributed by atoms with van der Waals surface area (Å²) < 4.78 is 2.38. The van der Waals surface area contributed by atoms with Gasteiger partial charge in [0.2, 0.25) is 0 Å². The number of fused-ring (bicyclic) bond motifs is 8. The second-order valence-corrected chi connectivity index (χ2v) is 13.0. The molecule has 0 fully saturated rings. The fourth-order valence-corrected chi connectivity index (χ4v) is 7.85. The maximum absolute atomic E-state index is 2.40. The van der Waals surface area contributed by atoms with Crippen molar-refractivity contribution < 1.29 is 0 Å². The Kier molecular flexibility index (Phi) is 6.53. The van der Waals surface area contributed by atoms with Gasteiger partial charge in [-0.15, -0.1) is 0 Å². The van der Waals surface area contributed by atoms with E-state index in [2.05, 4.69) is 204 Å². The summed E-state index contributed by atoms with van der Waals surface area (Å²) in [5.74, 6) is 0. The first-order valence-corrected chi connectivity index (χ1v) is 17.2. The topological polar surface area (TPSA) is 8.17 Å². The normalized spacial score (nSPS) is 11.6. The average Bonchev–Trinajstić information content (AvgIpc) is 3.54. The van der Waals surface area contributed by atoms with Gasteiger partial charge in [0.15, 0.2) is 0 Å². The number of nitrogens with zero attached hydrogens (tertiary/aromatic N) is 2. The van der Waals surface area contributed by atoms with Crippen LogP contribution in [0.3, 0.4) is 0 Å². The monoisotopic (exact) mass is 636 g/mol. The SMILES string of the molecule is c1ccc(N(c2ccc(-c3ccc4ccc5c6ccccc6ccc5c4c3)cc2)c2cccc3c2c2ccccc2n3-c2ccccc2)cc1. The van der Waals surface area contributed by atoms with Gasteiger partial charge in [-0.3, -0.25) is 0 Å². The van der Waals surface area contributed by atoms with Crippen molar-refractivity contribution in [3.63, 3.8) is 0 Å². The lowest BCUT2D eigenvalue weighted by molar-refractivity contribution is 1.18. The molecule has 0 saturated carbocycles. The summed E-state index contributed by atoms with van der Waals surface area (Å²) in [7, 11) is 0. The van der Waals surface area contributed by atoms with Crippen molar-refractivity contribution in [2.75, 3.05) is 4.90 Å². The highest BCUT2D eigenvalue weighted by Crippen LogP contribution is 2.44. The maximum Gasteiger partial charge on any atom is 0.0562 e. The van der Waals surface area contributed by atoms with E-state index in [1.807, 2.05) is 0 Å². The van der Waals surface area contributed by atoms with E-state index in [0.717, 1.165) is 22.7 Å². The molecule has 10 rings (SSSR count). The smallest absolute Gasteiger partial charge is 0.0562 e. The fraction of sp³-hybridized carbons (Fsp3) is 0. The molecule has 0 N–H and O–H groups in total. The first-order chi connectivity index (χ1) is 24.8. The van der Waals surface area contributed by atoms with Gasteiger partial charge in [-0.2, -0.15) is 0 Å². The Hall–Kier alpha value is -6.64. The minimum atomic E-state index is 1.11. The van der Waals surface area contributed by atoms with Crippen molar-refractivity contribution in [1.82, 2.24) is 4.57 Å². The zero-order chi connectivity index (χ0) is 33.0. The molecule has 2 heteroatoms. The third-order valence-electron chi connectivity index (χ3n) is 10.1. The molecule has 234 valence electrons. The molecule has 9 aromatic carbocycles. The van der Waals surface area contributed by atoms with Gasteiger partial charge in [0.25, 0.3) is 0 Å². The Bertz CT molecular complexity index is 2850. The average molecular weight is 637 g/mol. The predicted octanol–water partition coefficient (Wildman–Crippen LogP) is 13.4. The molecule has 0 unspecified atom stereocenters. The number of benzene rings is 9. The summed E-state index contributed by atoms with van der Waals surface area (Å²) in [4.78, 5) is 2.40. The number of aromatic nitrogens is 1. The summed E-state index contributed by atoms with van der Waals surface area (Å²) in [6.07, 6.45) is 0. The van der Waals surface area contributed by atoms with Crippen LogP contribution in [0, 0.1) is 0 Å². The van der Waals surface area contributed by atoms with Crippen molar-refractivity contribution >= 4 is 71.2 Å². The zero-order valence-electron chi connectivity index (χ0n) is 27.4. The van der Waals surface area contributed by atoms with E-state index in [9.17, 15) is 0 Å².